The van der Waals surface area contributed by atoms with Gasteiger partial charge in [-0.25, -0.2) is 0 Å². The number of carboxylic acids is 3. The zero-order valence-electron chi connectivity index (χ0n) is 17.9. The second-order valence-corrected chi connectivity index (χ2v) is 7.88. The fourth-order valence-corrected chi connectivity index (χ4v) is 3.62. The molecule has 31 heavy (non-hydrogen) atoms. The van der Waals surface area contributed by atoms with E-state index in [-0.39, 0.29) is 25.7 Å². The van der Waals surface area contributed by atoms with Gasteiger partial charge in [0.25, 0.3) is 0 Å². The highest BCUT2D eigenvalue weighted by atomic mass is 16.4. The van der Waals surface area contributed by atoms with Crippen molar-refractivity contribution in [3.05, 3.63) is 35.4 Å². The zero-order valence-corrected chi connectivity index (χ0v) is 17.9. The largest absolute Gasteiger partial charge is 0.480 e. The lowest BCUT2D eigenvalue weighted by Gasteiger charge is -2.30. The van der Waals surface area contributed by atoms with Crippen molar-refractivity contribution in [2.24, 2.45) is 0 Å². The van der Waals surface area contributed by atoms with Crippen LogP contribution in [0.25, 0.3) is 0 Å². The third kappa shape index (κ3) is 9.43. The van der Waals surface area contributed by atoms with Crippen LogP contribution in [0.2, 0.25) is 0 Å². The fourth-order valence-electron chi connectivity index (χ4n) is 3.62. The first-order valence-corrected chi connectivity index (χ1v) is 10.4. The Kier molecular flexibility index (Phi) is 9.86. The summed E-state index contributed by atoms with van der Waals surface area (Å²) in [6, 6.07) is 7.68. The standard InChI is InChI=1S/C21H32N4O6/c1-16-2-4-17(5-3-16)18(22-12-19(26)27)13-23-6-8-24(14-20(28)29)10-11-25(9-7-23)15-21(30)31/h2-5,18,22H,6-15H2,1H3,(H,26,27)(H,28,29)(H,30,31). The molecule has 1 saturated heterocycles. The molecule has 10 nitrogen and oxygen atoms in total. The number of carboxylic acid groups (broad SMARTS) is 3. The number of benzene rings is 1. The quantitative estimate of drug-likeness (QED) is 0.391. The molecular formula is C21H32N4O6. The topological polar surface area (TPSA) is 134 Å². The van der Waals surface area contributed by atoms with E-state index in [1.807, 2.05) is 31.2 Å². The molecule has 0 aliphatic carbocycles. The fraction of sp³-hybridized carbons (Fsp3) is 0.571. The van der Waals surface area contributed by atoms with Crippen molar-refractivity contribution in [2.75, 3.05) is 65.4 Å². The molecule has 1 aromatic carbocycles. The van der Waals surface area contributed by atoms with Crippen LogP contribution in [0.5, 0.6) is 0 Å². The first-order chi connectivity index (χ1) is 14.7. The summed E-state index contributed by atoms with van der Waals surface area (Å²) in [6.45, 7) is 5.36. The Morgan fingerprint density at radius 3 is 1.68 bits per heavy atom. The number of hydrogen-bond donors (Lipinski definition) is 4. The molecule has 0 amide bonds. The smallest absolute Gasteiger partial charge is 0.317 e. The molecule has 1 unspecified atom stereocenters. The Hall–Kier alpha value is -2.53. The van der Waals surface area contributed by atoms with Crippen molar-refractivity contribution >= 4 is 17.9 Å². The van der Waals surface area contributed by atoms with Gasteiger partial charge in [0.15, 0.2) is 0 Å². The summed E-state index contributed by atoms with van der Waals surface area (Å²) in [7, 11) is 0. The molecule has 1 atom stereocenters. The average Bonchev–Trinajstić information content (AvgIpc) is 2.77. The van der Waals surface area contributed by atoms with Gasteiger partial charge in [-0.3, -0.25) is 34.4 Å². The Bertz CT molecular complexity index is 714. The van der Waals surface area contributed by atoms with Crippen molar-refractivity contribution < 1.29 is 29.7 Å². The molecule has 1 aliphatic rings. The van der Waals surface area contributed by atoms with Crippen LogP contribution in [0.3, 0.4) is 0 Å². The number of hydrogen-bond acceptors (Lipinski definition) is 7. The first-order valence-electron chi connectivity index (χ1n) is 10.4. The summed E-state index contributed by atoms with van der Waals surface area (Å²) in [4.78, 5) is 39.3. The molecule has 0 aromatic heterocycles. The highest BCUT2D eigenvalue weighted by Gasteiger charge is 2.22. The van der Waals surface area contributed by atoms with Crippen LogP contribution < -0.4 is 5.32 Å². The lowest BCUT2D eigenvalue weighted by molar-refractivity contribution is -0.140. The van der Waals surface area contributed by atoms with Crippen LogP contribution in [-0.4, -0.2) is 113 Å². The predicted molar refractivity (Wildman–Crippen MR) is 114 cm³/mol. The lowest BCUT2D eigenvalue weighted by atomic mass is 10.0. The molecule has 4 N–H and O–H groups in total. The van der Waals surface area contributed by atoms with Gasteiger partial charge in [0, 0.05) is 51.9 Å². The van der Waals surface area contributed by atoms with Crippen LogP contribution in [0, 0.1) is 6.92 Å². The van der Waals surface area contributed by atoms with Crippen molar-refractivity contribution in [1.29, 1.82) is 0 Å². The van der Waals surface area contributed by atoms with E-state index in [1.54, 1.807) is 9.80 Å². The van der Waals surface area contributed by atoms with E-state index < -0.39 is 17.9 Å². The molecule has 1 aliphatic heterocycles. The van der Waals surface area contributed by atoms with Gasteiger partial charge in [0.2, 0.25) is 0 Å². The molecule has 1 aromatic rings. The van der Waals surface area contributed by atoms with E-state index in [4.69, 9.17) is 5.11 Å². The molecular weight excluding hydrogens is 404 g/mol. The van der Waals surface area contributed by atoms with Gasteiger partial charge < -0.3 is 15.3 Å². The summed E-state index contributed by atoms with van der Waals surface area (Å²) in [5.41, 5.74) is 2.08. The SMILES string of the molecule is Cc1ccc(C(CN2CCN(CC(=O)O)CCN(CC(=O)O)CC2)NCC(=O)O)cc1. The van der Waals surface area contributed by atoms with E-state index in [0.717, 1.165) is 11.1 Å². The Morgan fingerprint density at radius 2 is 1.26 bits per heavy atom. The highest BCUT2D eigenvalue weighted by molar-refractivity contribution is 5.69. The Labute approximate surface area is 182 Å². The monoisotopic (exact) mass is 436 g/mol. The molecule has 172 valence electrons. The second-order valence-electron chi connectivity index (χ2n) is 7.88. The summed E-state index contributed by atoms with van der Waals surface area (Å²) in [6.07, 6.45) is 0. The minimum absolute atomic E-state index is 0.104. The second kappa shape index (κ2) is 12.4. The third-order valence-electron chi connectivity index (χ3n) is 5.34. The van der Waals surface area contributed by atoms with Crippen LogP contribution in [0.4, 0.5) is 0 Å². The summed E-state index contributed by atoms with van der Waals surface area (Å²) < 4.78 is 0. The maximum absolute atomic E-state index is 11.2. The van der Waals surface area contributed by atoms with Gasteiger partial charge in [0.1, 0.15) is 0 Å². The summed E-state index contributed by atoms with van der Waals surface area (Å²) >= 11 is 0. The van der Waals surface area contributed by atoms with Gasteiger partial charge in [-0.15, -0.1) is 0 Å². The molecule has 0 spiro atoms. The number of nitrogens with one attached hydrogen (secondary N) is 1. The van der Waals surface area contributed by atoms with E-state index in [2.05, 4.69) is 10.2 Å². The van der Waals surface area contributed by atoms with E-state index in [1.165, 1.54) is 0 Å². The van der Waals surface area contributed by atoms with Crippen LogP contribution in [0.1, 0.15) is 17.2 Å². The number of aryl methyl sites for hydroxylation is 1. The van der Waals surface area contributed by atoms with Gasteiger partial charge in [-0.05, 0) is 12.5 Å². The summed E-state index contributed by atoms with van der Waals surface area (Å²) in [5.74, 6) is -2.78. The average molecular weight is 437 g/mol. The number of rotatable bonds is 10. The molecule has 0 saturated carbocycles. The highest BCUT2D eigenvalue weighted by Crippen LogP contribution is 2.16. The predicted octanol–water partition coefficient (Wildman–Crippen LogP) is -0.201. The van der Waals surface area contributed by atoms with Gasteiger partial charge in [-0.2, -0.15) is 0 Å². The number of nitrogens with zero attached hydrogens (tertiary/aromatic N) is 3. The minimum atomic E-state index is -0.943. The van der Waals surface area contributed by atoms with Gasteiger partial charge in [-0.1, -0.05) is 29.8 Å². The maximum Gasteiger partial charge on any atom is 0.317 e. The van der Waals surface area contributed by atoms with Crippen LogP contribution >= 0.6 is 0 Å². The third-order valence-corrected chi connectivity index (χ3v) is 5.34. The summed E-state index contributed by atoms with van der Waals surface area (Å²) in [5, 5.41) is 30.6. The normalized spacial score (nSPS) is 18.0. The van der Waals surface area contributed by atoms with Gasteiger partial charge >= 0.3 is 17.9 Å². The molecule has 2 rings (SSSR count). The van der Waals surface area contributed by atoms with Crippen LogP contribution in [-0.2, 0) is 14.4 Å². The Morgan fingerprint density at radius 1 is 0.806 bits per heavy atom. The zero-order chi connectivity index (χ0) is 22.8. The Balaban J connectivity index is 2.15. The molecule has 1 fully saturated rings. The van der Waals surface area contributed by atoms with Crippen molar-refractivity contribution in [3.63, 3.8) is 0 Å². The molecule has 0 bridgehead atoms. The van der Waals surface area contributed by atoms with Crippen molar-refractivity contribution in [2.45, 2.75) is 13.0 Å². The molecule has 10 heteroatoms. The number of aliphatic carboxylic acids is 3. The number of carbonyl (C=O) groups is 3. The maximum atomic E-state index is 11.2. The minimum Gasteiger partial charge on any atom is -0.480 e. The van der Waals surface area contributed by atoms with E-state index in [0.29, 0.717) is 45.8 Å². The first kappa shape index (κ1) is 24.7. The van der Waals surface area contributed by atoms with Gasteiger partial charge in [0.05, 0.1) is 19.6 Å². The van der Waals surface area contributed by atoms with Crippen molar-refractivity contribution in [1.82, 2.24) is 20.0 Å². The van der Waals surface area contributed by atoms with Crippen molar-refractivity contribution in [3.8, 4) is 0 Å². The molecule has 1 heterocycles. The van der Waals surface area contributed by atoms with Crippen LogP contribution in [0.15, 0.2) is 24.3 Å². The molecule has 0 radical (unpaired) electrons. The van der Waals surface area contributed by atoms with E-state index >= 15 is 0 Å². The van der Waals surface area contributed by atoms with E-state index in [9.17, 15) is 24.6 Å². The lowest BCUT2D eigenvalue weighted by Crippen LogP contribution is -2.43.